The number of rotatable bonds is 3. The van der Waals surface area contributed by atoms with Crippen molar-refractivity contribution < 1.29 is 4.79 Å². The van der Waals surface area contributed by atoms with E-state index in [0.29, 0.717) is 0 Å². The molecule has 7 heavy (non-hydrogen) atoms. The zero-order valence-corrected chi connectivity index (χ0v) is 5.94. The van der Waals surface area contributed by atoms with E-state index in [1.165, 1.54) is 10.8 Å². The second-order valence-corrected chi connectivity index (χ2v) is 3.83. The van der Waals surface area contributed by atoms with Gasteiger partial charge in [0.2, 0.25) is 6.29 Å². The van der Waals surface area contributed by atoms with Crippen molar-refractivity contribution in [3.63, 3.8) is 0 Å². The standard InChI is InChI=1S/C4H7OS2/c1-4(3-5)7-6-2/h4H,1-2H3. The topological polar surface area (TPSA) is 17.1 Å². The molecule has 0 aliphatic carbocycles. The van der Waals surface area contributed by atoms with E-state index in [9.17, 15) is 4.79 Å². The van der Waals surface area contributed by atoms with Gasteiger partial charge < -0.3 is 0 Å². The minimum atomic E-state index is 0.0231. The molecule has 0 rings (SSSR count). The number of carbonyl (C=O) groups excluding carboxylic acids is 1. The van der Waals surface area contributed by atoms with Gasteiger partial charge in [0.05, 0.1) is 5.25 Å². The van der Waals surface area contributed by atoms with E-state index in [1.54, 1.807) is 10.8 Å². The van der Waals surface area contributed by atoms with Gasteiger partial charge in [-0.1, -0.05) is 21.6 Å². The highest BCUT2D eigenvalue weighted by atomic mass is 33.1. The molecule has 3 heteroatoms. The molecule has 0 aromatic carbocycles. The summed E-state index contributed by atoms with van der Waals surface area (Å²) in [7, 11) is 3.11. The van der Waals surface area contributed by atoms with Crippen LogP contribution in [0, 0.1) is 0 Å². The van der Waals surface area contributed by atoms with Gasteiger partial charge in [-0.2, -0.15) is 0 Å². The van der Waals surface area contributed by atoms with E-state index in [4.69, 9.17) is 0 Å². The van der Waals surface area contributed by atoms with Crippen LogP contribution in [0.2, 0.25) is 0 Å². The molecular weight excluding hydrogens is 128 g/mol. The first-order valence-electron chi connectivity index (χ1n) is 1.88. The summed E-state index contributed by atoms with van der Waals surface area (Å²) in [6.07, 6.45) is 3.80. The maximum Gasteiger partial charge on any atom is 0.213 e. The third-order valence-electron chi connectivity index (χ3n) is 0.407. The molecule has 0 saturated carbocycles. The van der Waals surface area contributed by atoms with Gasteiger partial charge in [-0.3, -0.25) is 4.79 Å². The molecule has 0 aromatic heterocycles. The molecule has 1 unspecified atom stereocenters. The van der Waals surface area contributed by atoms with Crippen LogP contribution in [0.25, 0.3) is 0 Å². The van der Waals surface area contributed by atoms with Crippen molar-refractivity contribution in [3.05, 3.63) is 0 Å². The fraction of sp³-hybridized carbons (Fsp3) is 0.750. The smallest absolute Gasteiger partial charge is 0.213 e. The summed E-state index contributed by atoms with van der Waals surface area (Å²) < 4.78 is 0. The Bertz CT molecular complexity index is 55.7. The van der Waals surface area contributed by atoms with E-state index in [-0.39, 0.29) is 5.25 Å². The van der Waals surface area contributed by atoms with Crippen LogP contribution in [0.3, 0.4) is 0 Å². The second-order valence-electron chi connectivity index (χ2n) is 1.02. The Hall–Kier alpha value is 0.370. The lowest BCUT2D eigenvalue weighted by atomic mass is 10.6. The van der Waals surface area contributed by atoms with Gasteiger partial charge in [0, 0.05) is 0 Å². The average Bonchev–Trinajstić information content (AvgIpc) is 1.68. The maximum absolute atomic E-state index is 9.74. The fourth-order valence-corrected chi connectivity index (χ4v) is 1.48. The minimum absolute atomic E-state index is 0.0231. The van der Waals surface area contributed by atoms with Crippen molar-refractivity contribution in [2.45, 2.75) is 12.2 Å². The molecule has 0 saturated heterocycles. The molecule has 1 nitrogen and oxygen atoms in total. The van der Waals surface area contributed by atoms with Gasteiger partial charge in [0.1, 0.15) is 0 Å². The summed E-state index contributed by atoms with van der Waals surface area (Å²) in [5, 5.41) is 0.0231. The molecule has 0 N–H and O–H groups in total. The van der Waals surface area contributed by atoms with Crippen molar-refractivity contribution in [2.24, 2.45) is 0 Å². The highest BCUT2D eigenvalue weighted by Crippen LogP contribution is 2.20. The van der Waals surface area contributed by atoms with E-state index in [2.05, 4.69) is 0 Å². The first-order chi connectivity index (χ1) is 3.31. The van der Waals surface area contributed by atoms with Crippen LogP contribution in [-0.4, -0.2) is 17.8 Å². The number of hydrogen-bond acceptors (Lipinski definition) is 3. The molecule has 41 valence electrons. The lowest BCUT2D eigenvalue weighted by Gasteiger charge is -1.92. The Morgan fingerprint density at radius 2 is 2.29 bits per heavy atom. The molecule has 0 aliphatic heterocycles. The van der Waals surface area contributed by atoms with E-state index >= 15 is 0 Å². The highest BCUT2D eigenvalue weighted by molar-refractivity contribution is 8.76. The minimum Gasteiger partial charge on any atom is -0.290 e. The predicted molar refractivity (Wildman–Crippen MR) is 36.3 cm³/mol. The van der Waals surface area contributed by atoms with Gasteiger partial charge in [0.15, 0.2) is 0 Å². The van der Waals surface area contributed by atoms with Crippen LogP contribution < -0.4 is 0 Å². The van der Waals surface area contributed by atoms with Crippen molar-refractivity contribution >= 4 is 27.9 Å². The second kappa shape index (κ2) is 4.53. The quantitative estimate of drug-likeness (QED) is 0.546. The van der Waals surface area contributed by atoms with Crippen LogP contribution in [0.15, 0.2) is 0 Å². The Morgan fingerprint density at radius 1 is 1.71 bits per heavy atom. The lowest BCUT2D eigenvalue weighted by Crippen LogP contribution is -1.91. The average molecular weight is 135 g/mol. The van der Waals surface area contributed by atoms with Gasteiger partial charge in [0.25, 0.3) is 0 Å². The van der Waals surface area contributed by atoms with Gasteiger partial charge in [-0.05, 0) is 13.2 Å². The van der Waals surface area contributed by atoms with Crippen LogP contribution in [0.1, 0.15) is 6.92 Å². The van der Waals surface area contributed by atoms with Crippen LogP contribution in [0.5, 0.6) is 0 Å². The van der Waals surface area contributed by atoms with Gasteiger partial charge in [-0.15, -0.1) is 0 Å². The van der Waals surface area contributed by atoms with Crippen LogP contribution in [0.4, 0.5) is 0 Å². The van der Waals surface area contributed by atoms with Crippen LogP contribution >= 0.6 is 21.6 Å². The first-order valence-corrected chi connectivity index (χ1v) is 4.50. The van der Waals surface area contributed by atoms with E-state index in [1.807, 2.05) is 19.5 Å². The summed E-state index contributed by atoms with van der Waals surface area (Å²) in [4.78, 5) is 9.74. The third-order valence-corrected chi connectivity index (χ3v) is 2.43. The van der Waals surface area contributed by atoms with Crippen LogP contribution in [-0.2, 0) is 4.79 Å². The summed E-state index contributed by atoms with van der Waals surface area (Å²) in [5.41, 5.74) is 0. The molecule has 0 bridgehead atoms. The molecular formula is C4H7OS2. The Balaban J connectivity index is 2.98. The molecule has 1 atom stereocenters. The van der Waals surface area contributed by atoms with Crippen molar-refractivity contribution in [1.29, 1.82) is 0 Å². The molecule has 1 radical (unpaired) electrons. The molecule has 0 amide bonds. The molecule has 0 heterocycles. The summed E-state index contributed by atoms with van der Waals surface area (Å²) in [6.45, 7) is 1.83. The lowest BCUT2D eigenvalue weighted by molar-refractivity contribution is 0.555. The summed E-state index contributed by atoms with van der Waals surface area (Å²) in [6, 6.07) is 0. The Labute approximate surface area is 51.6 Å². The largest absolute Gasteiger partial charge is 0.290 e. The normalized spacial score (nSPS) is 13.4. The van der Waals surface area contributed by atoms with Crippen molar-refractivity contribution in [2.75, 3.05) is 6.26 Å². The monoisotopic (exact) mass is 135 g/mol. The predicted octanol–water partition coefficient (Wildman–Crippen LogP) is 1.50. The SMILES string of the molecule is CSSC(C)[C]=O. The fourth-order valence-electron chi connectivity index (χ4n) is 0.164. The van der Waals surface area contributed by atoms with E-state index in [0.717, 1.165) is 0 Å². The third kappa shape index (κ3) is 4.22. The zero-order chi connectivity index (χ0) is 5.70. The molecule has 0 aromatic rings. The Morgan fingerprint density at radius 3 is 2.43 bits per heavy atom. The first kappa shape index (κ1) is 7.37. The molecule has 0 spiro atoms. The van der Waals surface area contributed by atoms with Gasteiger partial charge in [-0.25, -0.2) is 0 Å². The van der Waals surface area contributed by atoms with Crippen molar-refractivity contribution in [1.82, 2.24) is 0 Å². The van der Waals surface area contributed by atoms with Crippen molar-refractivity contribution in [3.8, 4) is 0 Å². The molecule has 0 aliphatic rings. The number of hydrogen-bond donors (Lipinski definition) is 0. The summed E-state index contributed by atoms with van der Waals surface area (Å²) in [5.74, 6) is 0. The van der Waals surface area contributed by atoms with E-state index < -0.39 is 0 Å². The molecule has 0 fully saturated rings. The maximum atomic E-state index is 9.74. The summed E-state index contributed by atoms with van der Waals surface area (Å²) >= 11 is 0. The highest BCUT2D eigenvalue weighted by Gasteiger charge is 1.96. The Kier molecular flexibility index (Phi) is 4.77. The zero-order valence-electron chi connectivity index (χ0n) is 4.30. The van der Waals surface area contributed by atoms with Gasteiger partial charge >= 0.3 is 0 Å².